The number of amides is 1. The van der Waals surface area contributed by atoms with E-state index in [1.165, 1.54) is 0 Å². The molecule has 2 aromatic rings. The quantitative estimate of drug-likeness (QED) is 0.679. The molecule has 1 fully saturated rings. The first kappa shape index (κ1) is 12.6. The van der Waals surface area contributed by atoms with Gasteiger partial charge in [-0.2, -0.15) is 0 Å². The van der Waals surface area contributed by atoms with Crippen LogP contribution in [0.2, 0.25) is 0 Å². The van der Waals surface area contributed by atoms with Crippen molar-refractivity contribution in [2.24, 2.45) is 0 Å². The predicted molar refractivity (Wildman–Crippen MR) is 81.7 cm³/mol. The monoisotopic (exact) mass is 281 g/mol. The topological polar surface area (TPSA) is 38.3 Å². The van der Waals surface area contributed by atoms with E-state index in [0.29, 0.717) is 0 Å². The van der Waals surface area contributed by atoms with Gasteiger partial charge in [0.15, 0.2) is 5.76 Å². The van der Waals surface area contributed by atoms with E-state index >= 15 is 0 Å². The number of benzene rings is 2. The van der Waals surface area contributed by atoms with E-state index in [1.54, 1.807) is 6.08 Å². The number of hydrogen-bond donors (Lipinski definition) is 1. The first-order valence-corrected chi connectivity index (χ1v) is 6.53. The van der Waals surface area contributed by atoms with Crippen LogP contribution in [0.25, 0.3) is 17.2 Å². The fourth-order valence-corrected chi connectivity index (χ4v) is 2.16. The summed E-state index contributed by atoms with van der Waals surface area (Å²) in [6.45, 7) is 0. The lowest BCUT2D eigenvalue weighted by Gasteiger charge is -2.02. The van der Waals surface area contributed by atoms with Gasteiger partial charge >= 0.3 is 0 Å². The molecule has 0 unspecified atom stereocenters. The van der Waals surface area contributed by atoms with Gasteiger partial charge in [0.2, 0.25) is 0 Å². The molecule has 3 rings (SSSR count). The van der Waals surface area contributed by atoms with Crippen LogP contribution in [0.5, 0.6) is 0 Å². The fraction of sp³-hybridized carbons (Fsp3) is 0. The smallest absolute Gasteiger partial charge is 0.294 e. The Labute approximate surface area is 121 Å². The molecule has 20 heavy (non-hydrogen) atoms. The van der Waals surface area contributed by atoms with E-state index in [1.807, 2.05) is 42.5 Å². The Balaban J connectivity index is 1.86. The molecule has 0 atom stereocenters. The minimum Gasteiger partial charge on any atom is -0.426 e. The van der Waals surface area contributed by atoms with Gasteiger partial charge in [-0.15, -0.1) is 0 Å². The van der Waals surface area contributed by atoms with Crippen LogP contribution >= 0.6 is 12.2 Å². The van der Waals surface area contributed by atoms with Gasteiger partial charge in [0, 0.05) is 0 Å². The third-order valence-electron chi connectivity index (χ3n) is 2.96. The minimum absolute atomic E-state index is 0.0992. The van der Waals surface area contributed by atoms with Crippen molar-refractivity contribution >= 4 is 29.4 Å². The molecular formula is C16H11NO2S. The van der Waals surface area contributed by atoms with Crippen molar-refractivity contribution in [3.8, 4) is 11.1 Å². The zero-order chi connectivity index (χ0) is 13.9. The van der Waals surface area contributed by atoms with Gasteiger partial charge in [-0.05, 0) is 35.0 Å². The van der Waals surface area contributed by atoms with Gasteiger partial charge in [-0.1, -0.05) is 54.6 Å². The van der Waals surface area contributed by atoms with Crippen LogP contribution in [0.15, 0.2) is 60.4 Å². The van der Waals surface area contributed by atoms with Crippen molar-refractivity contribution in [1.82, 2.24) is 5.32 Å². The Kier molecular flexibility index (Phi) is 3.31. The second kappa shape index (κ2) is 5.27. The second-order valence-electron chi connectivity index (χ2n) is 4.34. The lowest BCUT2D eigenvalue weighted by Crippen LogP contribution is -2.18. The van der Waals surface area contributed by atoms with Gasteiger partial charge in [-0.3, -0.25) is 10.1 Å². The Morgan fingerprint density at radius 1 is 0.950 bits per heavy atom. The first-order chi connectivity index (χ1) is 9.72. The van der Waals surface area contributed by atoms with Gasteiger partial charge in [0.05, 0.1) is 0 Å². The normalized spacial score (nSPS) is 16.1. The number of hydrogen-bond acceptors (Lipinski definition) is 3. The summed E-state index contributed by atoms with van der Waals surface area (Å²) in [7, 11) is 0. The lowest BCUT2D eigenvalue weighted by atomic mass is 10.0. The number of carbonyl (C=O) groups is 1. The van der Waals surface area contributed by atoms with Crippen molar-refractivity contribution in [2.45, 2.75) is 0 Å². The van der Waals surface area contributed by atoms with E-state index in [0.717, 1.165) is 16.7 Å². The highest BCUT2D eigenvalue weighted by atomic mass is 32.1. The molecule has 1 amide bonds. The Morgan fingerprint density at radius 2 is 1.60 bits per heavy atom. The second-order valence-corrected chi connectivity index (χ2v) is 4.71. The van der Waals surface area contributed by atoms with E-state index in [-0.39, 0.29) is 16.8 Å². The third kappa shape index (κ3) is 2.60. The van der Waals surface area contributed by atoms with Crippen LogP contribution < -0.4 is 5.32 Å². The Hall–Kier alpha value is -2.46. The molecule has 1 saturated heterocycles. The molecule has 0 radical (unpaired) electrons. The van der Waals surface area contributed by atoms with E-state index in [9.17, 15) is 4.79 Å². The first-order valence-electron chi connectivity index (χ1n) is 6.13. The van der Waals surface area contributed by atoms with E-state index in [4.69, 9.17) is 17.0 Å². The molecular weight excluding hydrogens is 270 g/mol. The maximum absolute atomic E-state index is 11.5. The van der Waals surface area contributed by atoms with E-state index < -0.39 is 0 Å². The zero-order valence-corrected chi connectivity index (χ0v) is 11.3. The highest BCUT2D eigenvalue weighted by molar-refractivity contribution is 7.80. The summed E-state index contributed by atoms with van der Waals surface area (Å²) in [6.07, 6.45) is 1.67. The number of rotatable bonds is 2. The van der Waals surface area contributed by atoms with E-state index in [2.05, 4.69) is 17.4 Å². The predicted octanol–water partition coefficient (Wildman–Crippen LogP) is 3.13. The molecule has 0 spiro atoms. The summed E-state index contributed by atoms with van der Waals surface area (Å²) >= 11 is 4.78. The number of nitrogens with one attached hydrogen (secondary N) is 1. The molecule has 2 aromatic carbocycles. The summed E-state index contributed by atoms with van der Waals surface area (Å²) in [5.74, 6) is -0.0791. The highest BCUT2D eigenvalue weighted by Gasteiger charge is 2.22. The van der Waals surface area contributed by atoms with Crippen molar-refractivity contribution in [3.05, 3.63) is 65.9 Å². The number of carbonyl (C=O) groups excluding carboxylic acids is 1. The van der Waals surface area contributed by atoms with Crippen molar-refractivity contribution in [3.63, 3.8) is 0 Å². The average Bonchev–Trinajstić information content (AvgIpc) is 2.79. The van der Waals surface area contributed by atoms with Crippen LogP contribution in [-0.2, 0) is 9.53 Å². The lowest BCUT2D eigenvalue weighted by molar-refractivity contribution is -0.116. The van der Waals surface area contributed by atoms with Gasteiger partial charge in [-0.25, -0.2) is 0 Å². The van der Waals surface area contributed by atoms with Gasteiger partial charge in [0.1, 0.15) is 0 Å². The molecule has 0 aliphatic carbocycles. The zero-order valence-electron chi connectivity index (χ0n) is 10.5. The Morgan fingerprint density at radius 3 is 2.20 bits per heavy atom. The van der Waals surface area contributed by atoms with Crippen LogP contribution in [0.1, 0.15) is 5.56 Å². The number of ether oxygens (including phenoxy) is 1. The molecule has 98 valence electrons. The van der Waals surface area contributed by atoms with Gasteiger partial charge < -0.3 is 4.74 Å². The molecule has 1 heterocycles. The molecule has 4 heteroatoms. The van der Waals surface area contributed by atoms with Crippen molar-refractivity contribution in [2.75, 3.05) is 0 Å². The molecule has 3 nitrogen and oxygen atoms in total. The summed E-state index contributed by atoms with van der Waals surface area (Å²) in [5, 5.41) is 2.53. The summed E-state index contributed by atoms with van der Waals surface area (Å²) in [4.78, 5) is 11.5. The summed E-state index contributed by atoms with van der Waals surface area (Å²) in [6, 6.07) is 18.0. The maximum Gasteiger partial charge on any atom is 0.294 e. The van der Waals surface area contributed by atoms with Crippen molar-refractivity contribution < 1.29 is 9.53 Å². The Bertz CT molecular complexity index is 690. The minimum atomic E-state index is -0.304. The average molecular weight is 281 g/mol. The van der Waals surface area contributed by atoms with Gasteiger partial charge in [0.25, 0.3) is 11.1 Å². The SMILES string of the molecule is O=C1NC(=S)OC1=Cc1ccc(-c2ccccc2)cc1. The molecule has 0 bridgehead atoms. The molecule has 0 saturated carbocycles. The van der Waals surface area contributed by atoms with Crippen LogP contribution in [0, 0.1) is 0 Å². The van der Waals surface area contributed by atoms with Crippen LogP contribution in [-0.4, -0.2) is 11.1 Å². The molecule has 1 aliphatic heterocycles. The molecule has 0 aromatic heterocycles. The summed E-state index contributed by atoms with van der Waals surface area (Å²) in [5.41, 5.74) is 3.17. The maximum atomic E-state index is 11.5. The standard InChI is InChI=1S/C16H11NO2S/c18-15-14(19-16(20)17-15)10-11-6-8-13(9-7-11)12-4-2-1-3-5-12/h1-10H,(H,17,18,20). The highest BCUT2D eigenvalue weighted by Crippen LogP contribution is 2.20. The number of thiocarbonyl (C=S) groups is 1. The van der Waals surface area contributed by atoms with Crippen molar-refractivity contribution in [1.29, 1.82) is 0 Å². The third-order valence-corrected chi connectivity index (χ3v) is 3.14. The summed E-state index contributed by atoms with van der Waals surface area (Å²) < 4.78 is 5.12. The van der Waals surface area contributed by atoms with Crippen LogP contribution in [0.4, 0.5) is 0 Å². The fourth-order valence-electron chi connectivity index (χ4n) is 1.97. The molecule has 1 aliphatic rings. The largest absolute Gasteiger partial charge is 0.426 e. The molecule has 1 N–H and O–H groups in total. The van der Waals surface area contributed by atoms with Crippen LogP contribution in [0.3, 0.4) is 0 Å².